The van der Waals surface area contributed by atoms with Crippen LogP contribution in [0.4, 0.5) is 0 Å². The lowest BCUT2D eigenvalue weighted by Crippen LogP contribution is -2.24. The summed E-state index contributed by atoms with van der Waals surface area (Å²) in [5, 5.41) is 21.9. The van der Waals surface area contributed by atoms with Crippen LogP contribution in [-0.4, -0.2) is 16.3 Å². The second-order valence-electron chi connectivity index (χ2n) is 4.45. The summed E-state index contributed by atoms with van der Waals surface area (Å²) in [5.41, 5.74) is 2.05. The van der Waals surface area contributed by atoms with Gasteiger partial charge in [-0.3, -0.25) is 0 Å². The van der Waals surface area contributed by atoms with Crippen molar-refractivity contribution in [1.29, 1.82) is 0 Å². The summed E-state index contributed by atoms with van der Waals surface area (Å²) < 4.78 is 0. The van der Waals surface area contributed by atoms with Crippen LogP contribution in [0.2, 0.25) is 0 Å². The second-order valence-corrected chi connectivity index (χ2v) is 4.45. The highest BCUT2D eigenvalue weighted by Crippen LogP contribution is 2.32. The Hall–Kier alpha value is -1.38. The van der Waals surface area contributed by atoms with Crippen LogP contribution in [0.1, 0.15) is 23.7 Å². The van der Waals surface area contributed by atoms with Gasteiger partial charge < -0.3 is 10.2 Å². The van der Waals surface area contributed by atoms with E-state index in [0.717, 1.165) is 22.9 Å². The molecule has 16 heavy (non-hydrogen) atoms. The minimum absolute atomic E-state index is 0.617. The molecule has 2 N–H and O–H groups in total. The molecule has 0 spiro atoms. The van der Waals surface area contributed by atoms with Crippen molar-refractivity contribution >= 4 is 10.8 Å². The van der Waals surface area contributed by atoms with Crippen LogP contribution in [-0.2, 0) is 6.42 Å². The molecule has 0 heterocycles. The van der Waals surface area contributed by atoms with Gasteiger partial charge in [-0.2, -0.15) is 0 Å². The van der Waals surface area contributed by atoms with Gasteiger partial charge in [0, 0.05) is 0 Å². The smallest absolute Gasteiger partial charge is 0.105 e. The predicted octanol–water partition coefficient (Wildman–Crippen LogP) is 2.18. The lowest BCUT2D eigenvalue weighted by Gasteiger charge is -2.26. The maximum absolute atomic E-state index is 9.94. The fraction of sp³-hybridized carbons (Fsp3) is 0.286. The van der Waals surface area contributed by atoms with E-state index in [2.05, 4.69) is 12.1 Å². The first kappa shape index (κ1) is 9.82. The Morgan fingerprint density at radius 2 is 1.69 bits per heavy atom. The third kappa shape index (κ3) is 1.42. The molecule has 1 aliphatic carbocycles. The average molecular weight is 214 g/mol. The monoisotopic (exact) mass is 214 g/mol. The third-order valence-corrected chi connectivity index (χ3v) is 3.40. The molecule has 0 amide bonds. The Balaban J connectivity index is 2.23. The molecular formula is C14H14O2. The number of aliphatic hydroxyl groups is 2. The molecule has 0 radical (unpaired) electrons. The Labute approximate surface area is 94.2 Å². The molecule has 0 saturated carbocycles. The Bertz CT molecular complexity index is 533. The first-order chi connectivity index (χ1) is 7.75. The lowest BCUT2D eigenvalue weighted by molar-refractivity contribution is 0.00660. The van der Waals surface area contributed by atoms with Crippen molar-refractivity contribution in [3.8, 4) is 0 Å². The number of rotatable bonds is 0. The van der Waals surface area contributed by atoms with Gasteiger partial charge in [0.2, 0.25) is 0 Å². The quantitative estimate of drug-likeness (QED) is 0.705. The predicted molar refractivity (Wildman–Crippen MR) is 63.2 cm³/mol. The highest BCUT2D eigenvalue weighted by Gasteiger charge is 2.26. The molecule has 2 aromatic rings. The number of benzene rings is 2. The molecule has 82 valence electrons. The van der Waals surface area contributed by atoms with Gasteiger partial charge >= 0.3 is 0 Å². The van der Waals surface area contributed by atoms with Gasteiger partial charge in [-0.05, 0) is 40.8 Å². The maximum Gasteiger partial charge on any atom is 0.105 e. The van der Waals surface area contributed by atoms with Crippen molar-refractivity contribution in [1.82, 2.24) is 0 Å². The van der Waals surface area contributed by atoms with Gasteiger partial charge in [0.25, 0.3) is 0 Å². The second kappa shape index (κ2) is 3.58. The molecule has 0 bridgehead atoms. The minimum atomic E-state index is -0.728. The third-order valence-electron chi connectivity index (χ3n) is 3.40. The van der Waals surface area contributed by atoms with E-state index in [1.165, 1.54) is 5.39 Å². The molecule has 2 aromatic carbocycles. The fourth-order valence-electron chi connectivity index (χ4n) is 2.47. The normalized spacial score (nSPS) is 24.4. The van der Waals surface area contributed by atoms with Crippen molar-refractivity contribution in [3.63, 3.8) is 0 Å². The number of hydrogen-bond donors (Lipinski definition) is 2. The van der Waals surface area contributed by atoms with E-state index in [1.54, 1.807) is 0 Å². The minimum Gasteiger partial charge on any atom is -0.390 e. The molecule has 0 aromatic heterocycles. The standard InChI is InChI=1S/C14H14O2/c15-13-6-5-11-7-9-3-1-2-4-10(9)8-12(11)14(13)16/h1-4,7-8,13-16H,5-6H2/t13-,14-/m1/s1. The average Bonchev–Trinajstić information content (AvgIpc) is 2.32. The lowest BCUT2D eigenvalue weighted by atomic mass is 9.86. The molecule has 0 aliphatic heterocycles. The van der Waals surface area contributed by atoms with Crippen LogP contribution in [0.25, 0.3) is 10.8 Å². The van der Waals surface area contributed by atoms with Crippen molar-refractivity contribution < 1.29 is 10.2 Å². The maximum atomic E-state index is 9.94. The summed E-state index contributed by atoms with van der Waals surface area (Å²) in [7, 11) is 0. The first-order valence-corrected chi connectivity index (χ1v) is 5.63. The van der Waals surface area contributed by atoms with E-state index in [1.807, 2.05) is 24.3 Å². The van der Waals surface area contributed by atoms with E-state index < -0.39 is 12.2 Å². The number of aryl methyl sites for hydroxylation is 1. The summed E-state index contributed by atoms with van der Waals surface area (Å²) in [6.45, 7) is 0. The van der Waals surface area contributed by atoms with Crippen LogP contribution >= 0.6 is 0 Å². The number of aliphatic hydroxyl groups excluding tert-OH is 2. The van der Waals surface area contributed by atoms with Crippen LogP contribution in [0.5, 0.6) is 0 Å². The highest BCUT2D eigenvalue weighted by molar-refractivity contribution is 5.84. The van der Waals surface area contributed by atoms with Gasteiger partial charge in [-0.1, -0.05) is 30.3 Å². The zero-order chi connectivity index (χ0) is 11.1. The molecule has 0 unspecified atom stereocenters. The zero-order valence-electron chi connectivity index (χ0n) is 8.93. The van der Waals surface area contributed by atoms with Crippen LogP contribution in [0, 0.1) is 0 Å². The summed E-state index contributed by atoms with van der Waals surface area (Å²) in [6, 6.07) is 12.2. The topological polar surface area (TPSA) is 40.5 Å². The van der Waals surface area contributed by atoms with E-state index in [0.29, 0.717) is 6.42 Å². The molecule has 2 heteroatoms. The van der Waals surface area contributed by atoms with Crippen LogP contribution in [0.15, 0.2) is 36.4 Å². The number of hydrogen-bond acceptors (Lipinski definition) is 2. The highest BCUT2D eigenvalue weighted by atomic mass is 16.3. The Morgan fingerprint density at radius 1 is 1.00 bits per heavy atom. The molecular weight excluding hydrogens is 200 g/mol. The number of fused-ring (bicyclic) bond motifs is 2. The van der Waals surface area contributed by atoms with Gasteiger partial charge in [0.1, 0.15) is 6.10 Å². The van der Waals surface area contributed by atoms with Crippen molar-refractivity contribution in [3.05, 3.63) is 47.5 Å². The van der Waals surface area contributed by atoms with Gasteiger partial charge in [0.05, 0.1) is 6.10 Å². The van der Waals surface area contributed by atoms with Gasteiger partial charge in [-0.25, -0.2) is 0 Å². The Kier molecular flexibility index (Phi) is 2.20. The van der Waals surface area contributed by atoms with Crippen molar-refractivity contribution in [2.24, 2.45) is 0 Å². The summed E-state index contributed by atoms with van der Waals surface area (Å²) in [5.74, 6) is 0. The largest absolute Gasteiger partial charge is 0.390 e. The SMILES string of the molecule is O[C@@H]1CCc2cc3ccccc3cc2[C@H]1O. The summed E-state index contributed by atoms with van der Waals surface area (Å²) in [4.78, 5) is 0. The summed E-state index contributed by atoms with van der Waals surface area (Å²) >= 11 is 0. The molecule has 0 fully saturated rings. The summed E-state index contributed by atoms with van der Waals surface area (Å²) in [6.07, 6.45) is 0.146. The van der Waals surface area contributed by atoms with Crippen LogP contribution in [0.3, 0.4) is 0 Å². The molecule has 0 saturated heterocycles. The van der Waals surface area contributed by atoms with Crippen molar-refractivity contribution in [2.45, 2.75) is 25.0 Å². The van der Waals surface area contributed by atoms with Gasteiger partial charge in [-0.15, -0.1) is 0 Å². The van der Waals surface area contributed by atoms with E-state index >= 15 is 0 Å². The van der Waals surface area contributed by atoms with Gasteiger partial charge in [0.15, 0.2) is 0 Å². The first-order valence-electron chi connectivity index (χ1n) is 5.63. The molecule has 3 rings (SSSR count). The Morgan fingerprint density at radius 3 is 2.44 bits per heavy atom. The molecule has 2 nitrogen and oxygen atoms in total. The molecule has 1 aliphatic rings. The van der Waals surface area contributed by atoms with E-state index in [-0.39, 0.29) is 0 Å². The van der Waals surface area contributed by atoms with E-state index in [4.69, 9.17) is 0 Å². The van der Waals surface area contributed by atoms with E-state index in [9.17, 15) is 10.2 Å². The zero-order valence-corrected chi connectivity index (χ0v) is 8.93. The fourth-order valence-corrected chi connectivity index (χ4v) is 2.47. The molecule has 2 atom stereocenters. The van der Waals surface area contributed by atoms with Crippen molar-refractivity contribution in [2.75, 3.05) is 0 Å². The van der Waals surface area contributed by atoms with Crippen LogP contribution < -0.4 is 0 Å².